The summed E-state index contributed by atoms with van der Waals surface area (Å²) in [6, 6.07) is 0. The number of hydrogen-bond donors (Lipinski definition) is 0. The monoisotopic (exact) mass is 251 g/mol. The van der Waals surface area contributed by atoms with Crippen LogP contribution in [-0.2, 0) is 10.9 Å². The fraction of sp³-hybridized carbons (Fsp3) is 1.00. The van der Waals surface area contributed by atoms with Crippen LogP contribution in [0.25, 0.3) is 0 Å². The van der Waals surface area contributed by atoms with Crippen LogP contribution in [-0.4, -0.2) is 27.7 Å². The summed E-state index contributed by atoms with van der Waals surface area (Å²) >= 11 is 11.3. The molecule has 0 spiro atoms. The molecule has 0 aromatic rings. The van der Waals surface area contributed by atoms with E-state index in [-0.39, 0.29) is 17.9 Å². The lowest BCUT2D eigenvalue weighted by Crippen LogP contribution is -3.00. The van der Waals surface area contributed by atoms with Gasteiger partial charge < -0.3 is 12.4 Å². The second-order valence-electron chi connectivity index (χ2n) is 3.49. The molecule has 0 unspecified atom stereocenters. The highest BCUT2D eigenvalue weighted by Gasteiger charge is 2.26. The molecular formula is C7H16Cl3NS. The molecule has 0 N–H and O–H groups in total. The summed E-state index contributed by atoms with van der Waals surface area (Å²) in [4.78, 5) is 0. The number of nitrogens with zero attached hydrogens (tertiary/aromatic N) is 1. The van der Waals surface area contributed by atoms with Crippen LogP contribution in [0.4, 0.5) is 0 Å². The fourth-order valence-corrected chi connectivity index (χ4v) is 1.62. The van der Waals surface area contributed by atoms with E-state index >= 15 is 0 Å². The van der Waals surface area contributed by atoms with Crippen molar-refractivity contribution in [1.82, 2.24) is 3.94 Å². The number of hydrogen-bond acceptors (Lipinski definition) is 1. The molecule has 5 heteroatoms. The van der Waals surface area contributed by atoms with Gasteiger partial charge in [0.1, 0.15) is 5.75 Å². The second kappa shape index (κ2) is 6.61. The van der Waals surface area contributed by atoms with Crippen LogP contribution < -0.4 is 12.4 Å². The molecule has 12 heavy (non-hydrogen) atoms. The summed E-state index contributed by atoms with van der Waals surface area (Å²) in [5.74, 6) is 1.18. The third-order valence-corrected chi connectivity index (χ3v) is 3.52. The van der Waals surface area contributed by atoms with Gasteiger partial charge >= 0.3 is 0 Å². The van der Waals surface area contributed by atoms with Crippen LogP contribution >= 0.6 is 23.6 Å². The Bertz CT molecular complexity index is 117. The lowest BCUT2D eigenvalue weighted by Gasteiger charge is -2.26. The summed E-state index contributed by atoms with van der Waals surface area (Å²) in [5.41, 5.74) is -0.0968. The molecule has 0 aliphatic heterocycles. The maximum absolute atomic E-state index is 5.65. The van der Waals surface area contributed by atoms with Crippen LogP contribution in [0.1, 0.15) is 20.3 Å². The summed E-state index contributed by atoms with van der Waals surface area (Å²) in [6.45, 7) is 4.08. The first-order chi connectivity index (χ1) is 4.86. The highest BCUT2D eigenvalue weighted by atomic mass is 35.5. The van der Waals surface area contributed by atoms with Crippen LogP contribution in [0.5, 0.6) is 0 Å². The SMILES string of the molecule is C[S+](C)CCC(C)(C)N(Cl)Cl.[Cl-]. The lowest BCUT2D eigenvalue weighted by molar-refractivity contribution is -0.00000306. The first-order valence-electron chi connectivity index (χ1n) is 3.52. The molecule has 0 saturated carbocycles. The quantitative estimate of drug-likeness (QED) is 0.488. The maximum Gasteiger partial charge on any atom is 0.109 e. The van der Waals surface area contributed by atoms with Gasteiger partial charge in [-0.15, -0.1) is 3.94 Å². The van der Waals surface area contributed by atoms with E-state index in [0.717, 1.165) is 6.42 Å². The van der Waals surface area contributed by atoms with Crippen molar-refractivity contribution in [1.29, 1.82) is 0 Å². The average Bonchev–Trinajstić information content (AvgIpc) is 1.84. The van der Waals surface area contributed by atoms with Gasteiger partial charge in [0.15, 0.2) is 0 Å². The van der Waals surface area contributed by atoms with Crippen LogP contribution in [0.2, 0.25) is 0 Å². The van der Waals surface area contributed by atoms with Crippen LogP contribution in [0.3, 0.4) is 0 Å². The molecule has 0 amide bonds. The maximum atomic E-state index is 5.65. The van der Waals surface area contributed by atoms with Gasteiger partial charge in [-0.3, -0.25) is 0 Å². The standard InChI is InChI=1S/C7H16Cl2NS.ClH/c1-7(2,10(8)9)5-6-11(3)4;/h5-6H2,1-4H3;1H/q+1;/p-1. The predicted octanol–water partition coefficient (Wildman–Crippen LogP) is -0.353. The Morgan fingerprint density at radius 3 is 1.92 bits per heavy atom. The van der Waals surface area contributed by atoms with Crippen molar-refractivity contribution in [2.24, 2.45) is 0 Å². The van der Waals surface area contributed by atoms with Gasteiger partial charge in [0, 0.05) is 6.42 Å². The summed E-state index contributed by atoms with van der Waals surface area (Å²) in [5, 5.41) is 0. The number of halogens is 3. The van der Waals surface area contributed by atoms with Crippen molar-refractivity contribution in [2.75, 3.05) is 18.3 Å². The highest BCUT2D eigenvalue weighted by molar-refractivity contribution is 7.95. The van der Waals surface area contributed by atoms with E-state index in [1.54, 1.807) is 0 Å². The summed E-state index contributed by atoms with van der Waals surface area (Å²) < 4.78 is 1.25. The molecule has 76 valence electrons. The molecule has 0 rings (SSSR count). The van der Waals surface area contributed by atoms with Crippen molar-refractivity contribution in [3.8, 4) is 0 Å². The molecule has 0 aliphatic carbocycles. The Morgan fingerprint density at radius 1 is 1.25 bits per heavy atom. The first kappa shape index (κ1) is 15.6. The molecule has 0 radical (unpaired) electrons. The fourth-order valence-electron chi connectivity index (χ4n) is 0.538. The van der Waals surface area contributed by atoms with Crippen molar-refractivity contribution in [3.05, 3.63) is 0 Å². The largest absolute Gasteiger partial charge is 1.00 e. The molecule has 0 aromatic heterocycles. The molecule has 0 aromatic carbocycles. The van der Waals surface area contributed by atoms with Gasteiger partial charge in [-0.1, -0.05) is 0 Å². The van der Waals surface area contributed by atoms with Gasteiger partial charge in [-0.25, -0.2) is 0 Å². The van der Waals surface area contributed by atoms with Crippen LogP contribution in [0.15, 0.2) is 0 Å². The van der Waals surface area contributed by atoms with Gasteiger partial charge in [0.25, 0.3) is 0 Å². The predicted molar refractivity (Wildman–Crippen MR) is 56.3 cm³/mol. The smallest absolute Gasteiger partial charge is 0.109 e. The summed E-state index contributed by atoms with van der Waals surface area (Å²) in [7, 11) is 0.477. The molecule has 0 saturated heterocycles. The zero-order valence-corrected chi connectivity index (χ0v) is 11.0. The Hall–Kier alpha value is 1.18. The minimum atomic E-state index is -0.0968. The minimum Gasteiger partial charge on any atom is -1.00 e. The van der Waals surface area contributed by atoms with Crippen molar-refractivity contribution < 1.29 is 12.4 Å². The van der Waals surface area contributed by atoms with E-state index in [1.165, 1.54) is 9.69 Å². The molecule has 0 aliphatic rings. The van der Waals surface area contributed by atoms with E-state index < -0.39 is 0 Å². The highest BCUT2D eigenvalue weighted by Crippen LogP contribution is 2.23. The third-order valence-electron chi connectivity index (χ3n) is 1.58. The normalized spacial score (nSPS) is 12.0. The topological polar surface area (TPSA) is 3.24 Å². The third kappa shape index (κ3) is 6.67. The Labute approximate surface area is 94.8 Å². The van der Waals surface area contributed by atoms with E-state index in [9.17, 15) is 0 Å². The second-order valence-corrected chi connectivity index (χ2v) is 6.71. The average molecular weight is 253 g/mol. The molecule has 1 nitrogen and oxygen atoms in total. The van der Waals surface area contributed by atoms with Gasteiger partial charge in [0.2, 0.25) is 0 Å². The Balaban J connectivity index is 0. The van der Waals surface area contributed by atoms with Gasteiger partial charge in [0.05, 0.1) is 18.1 Å². The van der Waals surface area contributed by atoms with Gasteiger partial charge in [-0.2, -0.15) is 0 Å². The molecular weight excluding hydrogens is 237 g/mol. The summed E-state index contributed by atoms with van der Waals surface area (Å²) in [6.07, 6.45) is 5.49. The molecule has 0 heterocycles. The lowest BCUT2D eigenvalue weighted by atomic mass is 10.0. The van der Waals surface area contributed by atoms with Crippen molar-refractivity contribution >= 4 is 34.4 Å². The number of rotatable bonds is 4. The van der Waals surface area contributed by atoms with E-state index in [4.69, 9.17) is 23.6 Å². The zero-order valence-electron chi connectivity index (χ0n) is 7.90. The van der Waals surface area contributed by atoms with Crippen LogP contribution in [0, 0.1) is 0 Å². The van der Waals surface area contributed by atoms with Crippen molar-refractivity contribution in [3.63, 3.8) is 0 Å². The Morgan fingerprint density at radius 2 is 1.67 bits per heavy atom. The van der Waals surface area contributed by atoms with E-state index in [1.807, 2.05) is 13.8 Å². The first-order valence-corrected chi connectivity index (χ1v) is 6.41. The molecule has 0 bridgehead atoms. The molecule has 0 fully saturated rings. The Kier molecular flexibility index (Phi) is 8.61. The zero-order chi connectivity index (χ0) is 9.07. The van der Waals surface area contributed by atoms with Gasteiger partial charge in [-0.05, 0) is 48.3 Å². The van der Waals surface area contributed by atoms with Crippen molar-refractivity contribution in [2.45, 2.75) is 25.8 Å². The van der Waals surface area contributed by atoms with E-state index in [2.05, 4.69) is 12.5 Å². The minimum absolute atomic E-state index is 0. The van der Waals surface area contributed by atoms with E-state index in [0.29, 0.717) is 10.9 Å². The molecule has 0 atom stereocenters.